The monoisotopic (exact) mass is 463 g/mol. The van der Waals surface area contributed by atoms with E-state index in [1.165, 1.54) is 18.2 Å². The van der Waals surface area contributed by atoms with E-state index in [0.29, 0.717) is 28.3 Å². The summed E-state index contributed by atoms with van der Waals surface area (Å²) < 4.78 is 34.7. The van der Waals surface area contributed by atoms with Crippen molar-refractivity contribution >= 4 is 28.5 Å². The number of hydrogen-bond donors (Lipinski definition) is 0. The second kappa shape index (κ2) is 10.5. The number of aromatic nitrogens is 1. The molecule has 0 aliphatic carbocycles. The first-order valence-electron chi connectivity index (χ1n) is 9.57. The van der Waals surface area contributed by atoms with E-state index in [2.05, 4.69) is 0 Å². The van der Waals surface area contributed by atoms with E-state index >= 15 is 0 Å². The molecule has 8 heteroatoms. The van der Waals surface area contributed by atoms with Crippen LogP contribution >= 0.6 is 11.6 Å². The first-order valence-corrected chi connectivity index (χ1v) is 9.94. The first-order chi connectivity index (χ1) is 14.9. The van der Waals surface area contributed by atoms with E-state index in [9.17, 15) is 18.7 Å². The molecule has 32 heavy (non-hydrogen) atoms. The number of aromatic carboxylic acids is 1. The Hall–Kier alpha value is -2.38. The Labute approximate surface area is 210 Å². The SMILES string of the molecule is O=C([O-])c1cccc2c1ccn2Cc1cc(Cl)ccc1OCCc1ccc(F)cc1F.[Na+]. The summed E-state index contributed by atoms with van der Waals surface area (Å²) >= 11 is 6.17. The number of nitrogens with zero attached hydrogens (tertiary/aromatic N) is 1. The van der Waals surface area contributed by atoms with Crippen molar-refractivity contribution in [3.63, 3.8) is 0 Å². The molecule has 4 rings (SSSR count). The van der Waals surface area contributed by atoms with Crippen LogP contribution in [-0.4, -0.2) is 17.1 Å². The summed E-state index contributed by atoms with van der Waals surface area (Å²) in [4.78, 5) is 11.4. The van der Waals surface area contributed by atoms with E-state index in [4.69, 9.17) is 16.3 Å². The minimum Gasteiger partial charge on any atom is -0.545 e. The molecular formula is C24H17ClF2NNaO3. The molecule has 0 saturated heterocycles. The Morgan fingerprint density at radius 3 is 2.59 bits per heavy atom. The molecule has 0 aliphatic heterocycles. The molecular weight excluding hydrogens is 447 g/mol. The van der Waals surface area contributed by atoms with Gasteiger partial charge >= 0.3 is 29.6 Å². The molecule has 1 aromatic heterocycles. The normalized spacial score (nSPS) is 10.7. The van der Waals surface area contributed by atoms with Crippen LogP contribution in [0.3, 0.4) is 0 Å². The van der Waals surface area contributed by atoms with Gasteiger partial charge in [0.15, 0.2) is 0 Å². The summed E-state index contributed by atoms with van der Waals surface area (Å²) in [5, 5.41) is 12.5. The predicted octanol–water partition coefficient (Wildman–Crippen LogP) is 1.61. The first kappa shape index (κ1) is 24.3. The molecule has 0 amide bonds. The molecule has 158 valence electrons. The second-order valence-electron chi connectivity index (χ2n) is 7.06. The number of carboxylic acid groups (broad SMARTS) is 1. The van der Waals surface area contributed by atoms with E-state index in [1.807, 2.05) is 10.6 Å². The number of carboxylic acids is 1. The van der Waals surface area contributed by atoms with Crippen LogP contribution < -0.4 is 39.4 Å². The molecule has 0 saturated carbocycles. The Kier molecular flexibility index (Phi) is 7.96. The quantitative estimate of drug-likeness (QED) is 0.391. The third kappa shape index (κ3) is 5.33. The summed E-state index contributed by atoms with van der Waals surface area (Å²) in [6, 6.07) is 15.4. The van der Waals surface area contributed by atoms with Crippen LogP contribution in [0.1, 0.15) is 21.5 Å². The summed E-state index contributed by atoms with van der Waals surface area (Å²) in [5.74, 6) is -1.89. The zero-order valence-corrected chi connectivity index (χ0v) is 20.0. The molecule has 0 unspecified atom stereocenters. The van der Waals surface area contributed by atoms with Crippen molar-refractivity contribution in [1.82, 2.24) is 4.57 Å². The third-order valence-corrected chi connectivity index (χ3v) is 5.28. The molecule has 0 radical (unpaired) electrons. The van der Waals surface area contributed by atoms with E-state index in [1.54, 1.807) is 36.5 Å². The minimum absolute atomic E-state index is 0. The Balaban J connectivity index is 0.00000289. The zero-order valence-electron chi connectivity index (χ0n) is 17.3. The largest absolute Gasteiger partial charge is 1.00 e. The van der Waals surface area contributed by atoms with Gasteiger partial charge in [-0.3, -0.25) is 0 Å². The van der Waals surface area contributed by atoms with Gasteiger partial charge in [0.05, 0.1) is 19.1 Å². The third-order valence-electron chi connectivity index (χ3n) is 5.04. The van der Waals surface area contributed by atoms with Gasteiger partial charge in [0, 0.05) is 45.7 Å². The van der Waals surface area contributed by atoms with Gasteiger partial charge in [-0.15, -0.1) is 0 Å². The van der Waals surface area contributed by atoms with Crippen molar-refractivity contribution < 1.29 is 53.0 Å². The van der Waals surface area contributed by atoms with Crippen LogP contribution in [0.5, 0.6) is 5.75 Å². The van der Waals surface area contributed by atoms with Crippen LogP contribution in [0.2, 0.25) is 5.02 Å². The maximum Gasteiger partial charge on any atom is 1.00 e. The number of halogens is 3. The molecule has 1 heterocycles. The van der Waals surface area contributed by atoms with Crippen LogP contribution in [0, 0.1) is 11.6 Å². The van der Waals surface area contributed by atoms with Crippen molar-refractivity contribution in [2.75, 3.05) is 6.61 Å². The molecule has 4 nitrogen and oxygen atoms in total. The van der Waals surface area contributed by atoms with Gasteiger partial charge < -0.3 is 19.2 Å². The van der Waals surface area contributed by atoms with Crippen LogP contribution in [0.4, 0.5) is 8.78 Å². The topological polar surface area (TPSA) is 54.3 Å². The minimum atomic E-state index is -1.23. The number of rotatable bonds is 7. The molecule has 0 bridgehead atoms. The summed E-state index contributed by atoms with van der Waals surface area (Å²) in [6.07, 6.45) is 2.06. The smallest absolute Gasteiger partial charge is 0.545 e. The number of carbonyl (C=O) groups is 1. The maximum atomic E-state index is 13.8. The molecule has 0 N–H and O–H groups in total. The summed E-state index contributed by atoms with van der Waals surface area (Å²) in [5.41, 5.74) is 2.01. The summed E-state index contributed by atoms with van der Waals surface area (Å²) in [6.45, 7) is 0.583. The van der Waals surface area contributed by atoms with Gasteiger partial charge in [0.1, 0.15) is 17.4 Å². The Bertz CT molecular complexity index is 1280. The van der Waals surface area contributed by atoms with E-state index in [0.717, 1.165) is 17.1 Å². The standard InChI is InChI=1S/C24H18ClF2NO3.Na/c25-17-5-7-23(31-11-9-15-4-6-18(26)13-21(15)27)16(12-17)14-28-10-8-19-20(24(29)30)2-1-3-22(19)28;/h1-8,10,12-13H,9,11,14H2,(H,29,30);/q;+1/p-1. The van der Waals surface area contributed by atoms with Gasteiger partial charge in [-0.05, 0) is 42.0 Å². The average Bonchev–Trinajstić information content (AvgIpc) is 3.14. The molecule has 0 spiro atoms. The zero-order chi connectivity index (χ0) is 22.0. The molecule has 4 aromatic rings. The maximum absolute atomic E-state index is 13.8. The number of ether oxygens (including phenoxy) is 1. The Morgan fingerprint density at radius 1 is 1.03 bits per heavy atom. The summed E-state index contributed by atoms with van der Waals surface area (Å²) in [7, 11) is 0. The van der Waals surface area contributed by atoms with Gasteiger partial charge in [-0.1, -0.05) is 29.8 Å². The molecule has 0 atom stereocenters. The number of hydrogen-bond acceptors (Lipinski definition) is 3. The van der Waals surface area contributed by atoms with Crippen molar-refractivity contribution in [3.05, 3.63) is 100 Å². The predicted molar refractivity (Wildman–Crippen MR) is 112 cm³/mol. The number of fused-ring (bicyclic) bond motifs is 1. The van der Waals surface area contributed by atoms with Crippen LogP contribution in [0.25, 0.3) is 10.9 Å². The van der Waals surface area contributed by atoms with Crippen LogP contribution in [0.15, 0.2) is 66.9 Å². The van der Waals surface area contributed by atoms with Gasteiger partial charge in [0.25, 0.3) is 0 Å². The van der Waals surface area contributed by atoms with Gasteiger partial charge in [-0.2, -0.15) is 0 Å². The second-order valence-corrected chi connectivity index (χ2v) is 7.49. The van der Waals surface area contributed by atoms with E-state index in [-0.39, 0.29) is 48.1 Å². The number of carbonyl (C=O) groups excluding carboxylic acids is 1. The fraction of sp³-hybridized carbons (Fsp3) is 0.125. The fourth-order valence-electron chi connectivity index (χ4n) is 3.53. The van der Waals surface area contributed by atoms with E-state index < -0.39 is 17.6 Å². The van der Waals surface area contributed by atoms with Crippen molar-refractivity contribution in [1.29, 1.82) is 0 Å². The van der Waals surface area contributed by atoms with Crippen molar-refractivity contribution in [2.45, 2.75) is 13.0 Å². The molecule has 0 aliphatic rings. The Morgan fingerprint density at radius 2 is 1.84 bits per heavy atom. The van der Waals surface area contributed by atoms with Gasteiger partial charge in [-0.25, -0.2) is 8.78 Å². The fourth-order valence-corrected chi connectivity index (χ4v) is 3.73. The number of benzene rings is 3. The molecule has 3 aromatic carbocycles. The molecule has 0 fully saturated rings. The van der Waals surface area contributed by atoms with Crippen molar-refractivity contribution in [3.8, 4) is 5.75 Å². The average molecular weight is 464 g/mol. The van der Waals surface area contributed by atoms with Crippen LogP contribution in [-0.2, 0) is 13.0 Å². The van der Waals surface area contributed by atoms with Crippen molar-refractivity contribution in [2.24, 2.45) is 0 Å². The van der Waals surface area contributed by atoms with Gasteiger partial charge in [0.2, 0.25) is 0 Å².